The van der Waals surface area contributed by atoms with Crippen molar-refractivity contribution in [3.63, 3.8) is 0 Å². The van der Waals surface area contributed by atoms with E-state index in [0.717, 1.165) is 36.1 Å². The van der Waals surface area contributed by atoms with Gasteiger partial charge in [0.15, 0.2) is 0 Å². The second-order valence-electron chi connectivity index (χ2n) is 8.02. The lowest BCUT2D eigenvalue weighted by molar-refractivity contribution is -0.130. The highest BCUT2D eigenvalue weighted by molar-refractivity contribution is 5.84. The molecule has 1 spiro atoms. The van der Waals surface area contributed by atoms with Crippen molar-refractivity contribution in [3.05, 3.63) is 29.3 Å². The second-order valence-corrected chi connectivity index (χ2v) is 8.02. The summed E-state index contributed by atoms with van der Waals surface area (Å²) in [6, 6.07) is 6.17. The van der Waals surface area contributed by atoms with Crippen LogP contribution in [0.4, 0.5) is 0 Å². The minimum absolute atomic E-state index is 0.0399. The molecule has 2 heterocycles. The Kier molecular flexibility index (Phi) is 4.74. The predicted octanol–water partition coefficient (Wildman–Crippen LogP) is 3.24. The van der Waals surface area contributed by atoms with Crippen molar-refractivity contribution in [1.82, 2.24) is 5.32 Å². The maximum Gasteiger partial charge on any atom is 0.223 e. The standard InChI is InChI=1S/C21H27NO4/c1-14-2-7-19-17(12-14)18(13-21(26-19)8-10-25-11-9-21)22-20(24)15-3-5-16(23)6-4-15/h2,7,12,15,18H,3-6,8-11,13H2,1H3,(H,22,24)/t18-/m0/s1. The van der Waals surface area contributed by atoms with Crippen LogP contribution in [-0.4, -0.2) is 30.5 Å². The Morgan fingerprint density at radius 3 is 2.65 bits per heavy atom. The molecule has 0 bridgehead atoms. The third-order valence-corrected chi connectivity index (χ3v) is 6.08. The van der Waals surface area contributed by atoms with Crippen molar-refractivity contribution >= 4 is 11.7 Å². The van der Waals surface area contributed by atoms with Crippen LogP contribution in [0.1, 0.15) is 62.1 Å². The maximum atomic E-state index is 12.9. The Morgan fingerprint density at radius 2 is 1.92 bits per heavy atom. The Labute approximate surface area is 154 Å². The molecule has 1 atom stereocenters. The predicted molar refractivity (Wildman–Crippen MR) is 97.1 cm³/mol. The molecular formula is C21H27NO4. The molecule has 1 saturated heterocycles. The zero-order valence-corrected chi connectivity index (χ0v) is 15.4. The van der Waals surface area contributed by atoms with Crippen molar-refractivity contribution in [2.45, 2.75) is 63.5 Å². The van der Waals surface area contributed by atoms with Gasteiger partial charge in [0.05, 0.1) is 19.3 Å². The summed E-state index contributed by atoms with van der Waals surface area (Å²) >= 11 is 0. The summed E-state index contributed by atoms with van der Waals surface area (Å²) in [6.07, 6.45) is 4.90. The van der Waals surface area contributed by atoms with Gasteiger partial charge in [-0.2, -0.15) is 0 Å². The number of hydrogen-bond donors (Lipinski definition) is 1. The highest BCUT2D eigenvalue weighted by Gasteiger charge is 2.43. The first-order valence-electron chi connectivity index (χ1n) is 9.74. The molecule has 3 aliphatic rings. The molecule has 140 valence electrons. The summed E-state index contributed by atoms with van der Waals surface area (Å²) in [5.74, 6) is 1.20. The number of ketones is 1. The molecule has 1 aliphatic carbocycles. The first kappa shape index (κ1) is 17.5. The molecule has 4 rings (SSSR count). The summed E-state index contributed by atoms with van der Waals surface area (Å²) in [6.45, 7) is 3.46. The lowest BCUT2D eigenvalue weighted by atomic mass is 9.81. The fraction of sp³-hybridized carbons (Fsp3) is 0.619. The van der Waals surface area contributed by atoms with Gasteiger partial charge < -0.3 is 14.8 Å². The van der Waals surface area contributed by atoms with Crippen LogP contribution in [0, 0.1) is 12.8 Å². The lowest BCUT2D eigenvalue weighted by Crippen LogP contribution is -2.49. The summed E-state index contributed by atoms with van der Waals surface area (Å²) in [7, 11) is 0. The fourth-order valence-corrected chi connectivity index (χ4v) is 4.46. The number of carbonyl (C=O) groups excluding carboxylic acids is 2. The van der Waals surface area contributed by atoms with Crippen LogP contribution >= 0.6 is 0 Å². The van der Waals surface area contributed by atoms with E-state index in [9.17, 15) is 9.59 Å². The van der Waals surface area contributed by atoms with E-state index < -0.39 is 0 Å². The average molecular weight is 357 g/mol. The number of carbonyl (C=O) groups is 2. The van der Waals surface area contributed by atoms with Crippen molar-refractivity contribution in [1.29, 1.82) is 0 Å². The number of benzene rings is 1. The Balaban J connectivity index is 1.56. The van der Waals surface area contributed by atoms with Gasteiger partial charge in [0, 0.05) is 43.6 Å². The molecular weight excluding hydrogens is 330 g/mol. The molecule has 1 saturated carbocycles. The van der Waals surface area contributed by atoms with Crippen LogP contribution in [-0.2, 0) is 14.3 Å². The van der Waals surface area contributed by atoms with E-state index in [1.807, 2.05) is 6.07 Å². The first-order chi connectivity index (χ1) is 12.5. The number of nitrogens with one attached hydrogen (secondary N) is 1. The molecule has 2 fully saturated rings. The van der Waals surface area contributed by atoms with E-state index in [1.165, 1.54) is 0 Å². The Morgan fingerprint density at radius 1 is 1.19 bits per heavy atom. The third kappa shape index (κ3) is 3.50. The van der Waals surface area contributed by atoms with Gasteiger partial charge in [-0.15, -0.1) is 0 Å². The monoisotopic (exact) mass is 357 g/mol. The fourth-order valence-electron chi connectivity index (χ4n) is 4.46. The second kappa shape index (κ2) is 7.03. The maximum absolute atomic E-state index is 12.9. The summed E-state index contributed by atoms with van der Waals surface area (Å²) in [5, 5.41) is 3.29. The number of amides is 1. The highest BCUT2D eigenvalue weighted by atomic mass is 16.5. The lowest BCUT2D eigenvalue weighted by Gasteiger charge is -2.44. The molecule has 1 aromatic carbocycles. The van der Waals surface area contributed by atoms with E-state index in [-0.39, 0.29) is 29.3 Å². The zero-order chi connectivity index (χ0) is 18.1. The van der Waals surface area contributed by atoms with Crippen molar-refractivity contribution in [2.75, 3.05) is 13.2 Å². The molecule has 1 amide bonds. The molecule has 1 N–H and O–H groups in total. The summed E-state index contributed by atoms with van der Waals surface area (Å²) in [4.78, 5) is 24.3. The first-order valence-corrected chi connectivity index (χ1v) is 9.74. The van der Waals surface area contributed by atoms with Crippen LogP contribution in [0.3, 0.4) is 0 Å². The normalized spacial score (nSPS) is 25.4. The van der Waals surface area contributed by atoms with Gasteiger partial charge in [0.1, 0.15) is 17.1 Å². The van der Waals surface area contributed by atoms with Crippen LogP contribution in [0.2, 0.25) is 0 Å². The van der Waals surface area contributed by atoms with E-state index in [2.05, 4.69) is 24.4 Å². The topological polar surface area (TPSA) is 64.6 Å². The number of hydrogen-bond acceptors (Lipinski definition) is 4. The number of rotatable bonds is 2. The number of fused-ring (bicyclic) bond motifs is 1. The SMILES string of the molecule is Cc1ccc2c(c1)[C@@H](NC(=O)C1CCC(=O)CC1)CC1(CCOCC1)O2. The van der Waals surface area contributed by atoms with E-state index >= 15 is 0 Å². The molecule has 26 heavy (non-hydrogen) atoms. The van der Waals surface area contributed by atoms with Gasteiger partial charge in [-0.3, -0.25) is 9.59 Å². The third-order valence-electron chi connectivity index (χ3n) is 6.08. The van der Waals surface area contributed by atoms with Gasteiger partial charge >= 0.3 is 0 Å². The Bertz CT molecular complexity index is 698. The van der Waals surface area contributed by atoms with Crippen molar-refractivity contribution < 1.29 is 19.1 Å². The zero-order valence-electron chi connectivity index (χ0n) is 15.4. The molecule has 0 aromatic heterocycles. The number of aryl methyl sites for hydroxylation is 1. The van der Waals surface area contributed by atoms with Crippen LogP contribution in [0.25, 0.3) is 0 Å². The highest BCUT2D eigenvalue weighted by Crippen LogP contribution is 2.44. The van der Waals surface area contributed by atoms with Crippen LogP contribution in [0.5, 0.6) is 5.75 Å². The number of ether oxygens (including phenoxy) is 2. The minimum atomic E-state index is -0.249. The van der Waals surface area contributed by atoms with Gasteiger partial charge in [-0.25, -0.2) is 0 Å². The largest absolute Gasteiger partial charge is 0.487 e. The van der Waals surface area contributed by atoms with Crippen molar-refractivity contribution in [3.8, 4) is 5.75 Å². The van der Waals surface area contributed by atoms with E-state index in [4.69, 9.17) is 9.47 Å². The van der Waals surface area contributed by atoms with Gasteiger partial charge in [0.2, 0.25) is 5.91 Å². The van der Waals surface area contributed by atoms with Crippen LogP contribution < -0.4 is 10.1 Å². The smallest absolute Gasteiger partial charge is 0.223 e. The molecule has 0 radical (unpaired) electrons. The summed E-state index contributed by atoms with van der Waals surface area (Å²) < 4.78 is 11.9. The molecule has 5 nitrogen and oxygen atoms in total. The molecule has 2 aliphatic heterocycles. The van der Waals surface area contributed by atoms with Gasteiger partial charge in [-0.1, -0.05) is 17.7 Å². The average Bonchev–Trinajstić information content (AvgIpc) is 2.63. The molecule has 1 aromatic rings. The van der Waals surface area contributed by atoms with E-state index in [1.54, 1.807) is 0 Å². The minimum Gasteiger partial charge on any atom is -0.487 e. The Hall–Kier alpha value is -1.88. The quantitative estimate of drug-likeness (QED) is 0.882. The van der Waals surface area contributed by atoms with Gasteiger partial charge in [-0.05, 0) is 25.8 Å². The summed E-state index contributed by atoms with van der Waals surface area (Å²) in [5.41, 5.74) is 1.99. The van der Waals surface area contributed by atoms with E-state index in [0.29, 0.717) is 38.9 Å². The van der Waals surface area contributed by atoms with Crippen molar-refractivity contribution in [2.24, 2.45) is 5.92 Å². The number of Topliss-reactive ketones (excluding diaryl/α,β-unsaturated/α-hetero) is 1. The molecule has 5 heteroatoms. The van der Waals surface area contributed by atoms with Gasteiger partial charge in [0.25, 0.3) is 0 Å². The van der Waals surface area contributed by atoms with Crippen LogP contribution in [0.15, 0.2) is 18.2 Å². The molecule has 0 unspecified atom stereocenters.